The molecule has 0 saturated heterocycles. The highest BCUT2D eigenvalue weighted by molar-refractivity contribution is 6.32. The molecule has 5 nitrogen and oxygen atoms in total. The fourth-order valence-electron chi connectivity index (χ4n) is 1.94. The Bertz CT molecular complexity index is 702. The van der Waals surface area contributed by atoms with E-state index >= 15 is 0 Å². The summed E-state index contributed by atoms with van der Waals surface area (Å²) in [6.07, 6.45) is 0.368. The SMILES string of the molecule is COc1ccc(CC(C#N)c2ccc(C(=O)O)o2)cc1Cl. The zero-order valence-corrected chi connectivity index (χ0v) is 11.9. The largest absolute Gasteiger partial charge is 0.495 e. The van der Waals surface area contributed by atoms with Crippen molar-refractivity contribution in [3.8, 4) is 11.8 Å². The lowest BCUT2D eigenvalue weighted by molar-refractivity contribution is 0.0660. The molecule has 0 bridgehead atoms. The lowest BCUT2D eigenvalue weighted by Gasteiger charge is -2.08. The van der Waals surface area contributed by atoms with Crippen LogP contribution in [0.5, 0.6) is 5.75 Å². The molecule has 2 aromatic rings. The number of methoxy groups -OCH3 is 1. The number of rotatable bonds is 5. The number of halogens is 1. The highest BCUT2D eigenvalue weighted by atomic mass is 35.5. The second kappa shape index (κ2) is 6.33. The Kier molecular flexibility index (Phi) is 4.51. The molecule has 0 aliphatic heterocycles. The van der Waals surface area contributed by atoms with Gasteiger partial charge in [-0.15, -0.1) is 0 Å². The zero-order valence-electron chi connectivity index (χ0n) is 11.2. The van der Waals surface area contributed by atoms with Crippen LogP contribution in [0.2, 0.25) is 5.02 Å². The van der Waals surface area contributed by atoms with Gasteiger partial charge in [0.25, 0.3) is 0 Å². The van der Waals surface area contributed by atoms with Crippen LogP contribution in [0.4, 0.5) is 0 Å². The molecule has 21 heavy (non-hydrogen) atoms. The normalized spacial score (nSPS) is 11.7. The summed E-state index contributed by atoms with van der Waals surface area (Å²) >= 11 is 6.04. The van der Waals surface area contributed by atoms with Crippen molar-refractivity contribution >= 4 is 17.6 Å². The van der Waals surface area contributed by atoms with Crippen molar-refractivity contribution in [2.24, 2.45) is 0 Å². The van der Waals surface area contributed by atoms with E-state index in [2.05, 4.69) is 6.07 Å². The van der Waals surface area contributed by atoms with Gasteiger partial charge in [0.2, 0.25) is 5.76 Å². The lowest BCUT2D eigenvalue weighted by Crippen LogP contribution is -2.00. The van der Waals surface area contributed by atoms with Crippen molar-refractivity contribution in [2.75, 3.05) is 7.11 Å². The minimum absolute atomic E-state index is 0.182. The fourth-order valence-corrected chi connectivity index (χ4v) is 2.22. The monoisotopic (exact) mass is 305 g/mol. The Morgan fingerprint density at radius 2 is 2.24 bits per heavy atom. The molecule has 108 valence electrons. The van der Waals surface area contributed by atoms with Gasteiger partial charge in [0.1, 0.15) is 17.4 Å². The number of carboxylic acids is 1. The number of aromatic carboxylic acids is 1. The van der Waals surface area contributed by atoms with E-state index in [1.807, 2.05) is 0 Å². The molecule has 0 radical (unpaired) electrons. The number of furan rings is 1. The molecular weight excluding hydrogens is 294 g/mol. The third kappa shape index (κ3) is 3.36. The molecule has 0 aliphatic rings. The van der Waals surface area contributed by atoms with E-state index in [0.29, 0.717) is 23.0 Å². The van der Waals surface area contributed by atoms with Crippen molar-refractivity contribution in [3.05, 3.63) is 52.4 Å². The van der Waals surface area contributed by atoms with Crippen LogP contribution < -0.4 is 4.74 Å². The van der Waals surface area contributed by atoms with Crippen molar-refractivity contribution in [2.45, 2.75) is 12.3 Å². The van der Waals surface area contributed by atoms with Gasteiger partial charge in [-0.3, -0.25) is 0 Å². The standard InChI is InChI=1S/C15H12ClNO4/c1-20-13-3-2-9(7-11(13)16)6-10(8-17)12-4-5-14(21-12)15(18)19/h2-5,7,10H,6H2,1H3,(H,18,19). The Hall–Kier alpha value is -2.45. The number of nitrogens with zero attached hydrogens (tertiary/aromatic N) is 1. The summed E-state index contributed by atoms with van der Waals surface area (Å²) in [7, 11) is 1.52. The quantitative estimate of drug-likeness (QED) is 0.914. The van der Waals surface area contributed by atoms with Gasteiger partial charge in [0.05, 0.1) is 18.2 Å². The number of carbonyl (C=O) groups is 1. The number of benzene rings is 1. The van der Waals surface area contributed by atoms with Gasteiger partial charge in [0, 0.05) is 0 Å². The van der Waals surface area contributed by atoms with Crippen molar-refractivity contribution < 1.29 is 19.1 Å². The van der Waals surface area contributed by atoms with Gasteiger partial charge >= 0.3 is 5.97 Å². The van der Waals surface area contributed by atoms with Crippen LogP contribution in [-0.2, 0) is 6.42 Å². The molecule has 0 fully saturated rings. The van der Waals surface area contributed by atoms with Crippen LogP contribution in [0.25, 0.3) is 0 Å². The highest BCUT2D eigenvalue weighted by Gasteiger charge is 2.18. The molecule has 1 heterocycles. The predicted molar refractivity (Wildman–Crippen MR) is 75.7 cm³/mol. The molecule has 0 amide bonds. The minimum Gasteiger partial charge on any atom is -0.495 e. The highest BCUT2D eigenvalue weighted by Crippen LogP contribution is 2.28. The third-order valence-corrected chi connectivity index (χ3v) is 3.29. The Morgan fingerprint density at radius 1 is 1.48 bits per heavy atom. The van der Waals surface area contributed by atoms with Crippen LogP contribution in [0.1, 0.15) is 27.8 Å². The molecular formula is C15H12ClNO4. The Morgan fingerprint density at radius 3 is 2.76 bits per heavy atom. The molecule has 1 atom stereocenters. The average Bonchev–Trinajstić information content (AvgIpc) is 2.94. The van der Waals surface area contributed by atoms with Crippen molar-refractivity contribution in [3.63, 3.8) is 0 Å². The Balaban J connectivity index is 2.21. The second-order valence-electron chi connectivity index (χ2n) is 4.36. The maximum absolute atomic E-state index is 10.8. The fraction of sp³-hybridized carbons (Fsp3) is 0.200. The molecule has 0 spiro atoms. The minimum atomic E-state index is -1.16. The predicted octanol–water partition coefficient (Wildman–Crippen LogP) is 3.49. The molecule has 1 N–H and O–H groups in total. The average molecular weight is 306 g/mol. The molecule has 6 heteroatoms. The maximum atomic E-state index is 10.8. The van der Waals surface area contributed by atoms with Gasteiger partial charge in [0.15, 0.2) is 0 Å². The van der Waals surface area contributed by atoms with E-state index in [-0.39, 0.29) is 5.76 Å². The topological polar surface area (TPSA) is 83.5 Å². The number of hydrogen-bond donors (Lipinski definition) is 1. The van der Waals surface area contributed by atoms with Gasteiger partial charge in [-0.05, 0) is 36.2 Å². The lowest BCUT2D eigenvalue weighted by atomic mass is 9.98. The van der Waals surface area contributed by atoms with E-state index < -0.39 is 11.9 Å². The van der Waals surface area contributed by atoms with Crippen LogP contribution in [0, 0.1) is 11.3 Å². The number of nitriles is 1. The molecule has 1 aromatic carbocycles. The van der Waals surface area contributed by atoms with Crippen LogP contribution in [0.3, 0.4) is 0 Å². The first kappa shape index (κ1) is 14.9. The number of hydrogen-bond acceptors (Lipinski definition) is 4. The summed E-state index contributed by atoms with van der Waals surface area (Å²) < 4.78 is 10.2. The van der Waals surface area contributed by atoms with Gasteiger partial charge < -0.3 is 14.3 Å². The first-order chi connectivity index (χ1) is 10.0. The van der Waals surface area contributed by atoms with E-state index in [1.165, 1.54) is 19.2 Å². The molecule has 1 unspecified atom stereocenters. The second-order valence-corrected chi connectivity index (χ2v) is 4.77. The van der Waals surface area contributed by atoms with Gasteiger partial charge in [-0.2, -0.15) is 5.26 Å². The first-order valence-electron chi connectivity index (χ1n) is 6.10. The third-order valence-electron chi connectivity index (χ3n) is 2.99. The summed E-state index contributed by atoms with van der Waals surface area (Å²) in [5.74, 6) is -1.05. The summed E-state index contributed by atoms with van der Waals surface area (Å²) in [6.45, 7) is 0. The van der Waals surface area contributed by atoms with Gasteiger partial charge in [-0.25, -0.2) is 4.79 Å². The number of ether oxygens (including phenoxy) is 1. The Labute approximate surface area is 126 Å². The molecule has 1 aromatic heterocycles. The summed E-state index contributed by atoms with van der Waals surface area (Å²) in [4.78, 5) is 10.8. The number of carboxylic acid groups (broad SMARTS) is 1. The molecule has 0 aliphatic carbocycles. The van der Waals surface area contributed by atoms with Crippen molar-refractivity contribution in [1.82, 2.24) is 0 Å². The molecule has 0 saturated carbocycles. The van der Waals surface area contributed by atoms with E-state index in [4.69, 9.17) is 25.9 Å². The van der Waals surface area contributed by atoms with E-state index in [0.717, 1.165) is 5.56 Å². The summed E-state index contributed by atoms with van der Waals surface area (Å²) in [5, 5.41) is 18.5. The summed E-state index contributed by atoms with van der Waals surface area (Å²) in [5.41, 5.74) is 0.834. The van der Waals surface area contributed by atoms with Crippen LogP contribution >= 0.6 is 11.6 Å². The van der Waals surface area contributed by atoms with Crippen molar-refractivity contribution in [1.29, 1.82) is 5.26 Å². The smallest absolute Gasteiger partial charge is 0.371 e. The van der Waals surface area contributed by atoms with Crippen LogP contribution in [-0.4, -0.2) is 18.2 Å². The molecule has 2 rings (SSSR count). The van der Waals surface area contributed by atoms with E-state index in [9.17, 15) is 10.1 Å². The van der Waals surface area contributed by atoms with Gasteiger partial charge in [-0.1, -0.05) is 17.7 Å². The summed E-state index contributed by atoms with van der Waals surface area (Å²) in [6, 6.07) is 10.2. The maximum Gasteiger partial charge on any atom is 0.371 e. The van der Waals surface area contributed by atoms with Crippen LogP contribution in [0.15, 0.2) is 34.7 Å². The van der Waals surface area contributed by atoms with E-state index in [1.54, 1.807) is 18.2 Å². The zero-order chi connectivity index (χ0) is 15.4. The first-order valence-corrected chi connectivity index (χ1v) is 6.48.